The first-order valence-corrected chi connectivity index (χ1v) is 13.6. The third kappa shape index (κ3) is 6.43. The largest absolute Gasteiger partial charge is 0.465 e. The number of nitrogens with zero attached hydrogens (tertiary/aromatic N) is 1. The number of hydrogen-bond donors (Lipinski definition) is 1. The number of fused-ring (bicyclic) bond motifs is 1. The fourth-order valence-electron chi connectivity index (χ4n) is 3.87. The molecule has 1 N–H and O–H groups in total. The van der Waals surface area contributed by atoms with Gasteiger partial charge in [0.05, 0.1) is 19.2 Å². The van der Waals surface area contributed by atoms with Crippen LogP contribution in [0.2, 0.25) is 0 Å². The molecule has 0 bridgehead atoms. The van der Waals surface area contributed by atoms with E-state index in [-0.39, 0.29) is 22.2 Å². The average molecular weight is 493 g/mol. The minimum absolute atomic E-state index is 0.0180. The third-order valence-corrected chi connectivity index (χ3v) is 8.92. The van der Waals surface area contributed by atoms with Crippen molar-refractivity contribution in [3.63, 3.8) is 0 Å². The molecule has 7 nitrogen and oxygen atoms in total. The molecule has 9 heteroatoms. The van der Waals surface area contributed by atoms with Crippen molar-refractivity contribution in [2.45, 2.75) is 56.7 Å². The monoisotopic (exact) mass is 492 g/mol. The van der Waals surface area contributed by atoms with Gasteiger partial charge in [0, 0.05) is 24.4 Å². The van der Waals surface area contributed by atoms with Crippen LogP contribution in [0, 0.1) is 5.92 Å². The van der Waals surface area contributed by atoms with E-state index in [0.717, 1.165) is 34.6 Å². The van der Waals surface area contributed by atoms with E-state index in [1.807, 2.05) is 30.3 Å². The molecular formula is C24H32N2O5S2. The molecule has 0 fully saturated rings. The Labute approximate surface area is 200 Å². The van der Waals surface area contributed by atoms with Crippen LogP contribution in [0.15, 0.2) is 34.5 Å². The molecule has 0 spiro atoms. The predicted molar refractivity (Wildman–Crippen MR) is 129 cm³/mol. The Morgan fingerprint density at radius 2 is 1.94 bits per heavy atom. The second-order valence-corrected chi connectivity index (χ2v) is 11.7. The summed E-state index contributed by atoms with van der Waals surface area (Å²) in [6.07, 6.45) is 3.11. The lowest BCUT2D eigenvalue weighted by atomic mass is 10.0. The normalized spacial score (nSPS) is 13.8. The van der Waals surface area contributed by atoms with Gasteiger partial charge in [-0.15, -0.1) is 11.3 Å². The van der Waals surface area contributed by atoms with Gasteiger partial charge in [-0.2, -0.15) is 0 Å². The number of carbonyl (C=O) groups excluding carboxylic acids is 2. The number of amides is 1. The molecule has 1 aliphatic rings. The van der Waals surface area contributed by atoms with Crippen molar-refractivity contribution in [1.82, 2.24) is 9.62 Å². The molecule has 0 unspecified atom stereocenters. The van der Waals surface area contributed by atoms with Gasteiger partial charge in [-0.25, -0.2) is 17.9 Å². The molecule has 0 saturated heterocycles. The van der Waals surface area contributed by atoms with E-state index < -0.39 is 16.0 Å². The van der Waals surface area contributed by atoms with Crippen molar-refractivity contribution in [3.05, 3.63) is 51.9 Å². The van der Waals surface area contributed by atoms with Gasteiger partial charge in [0.25, 0.3) is 10.0 Å². The average Bonchev–Trinajstić information content (AvgIpc) is 3.20. The SMILES string of the molecule is COC(=O)c1c(S(=O)(=O)NCCCc2ccccc2)sc2c1CCN(C(=O)CCC(C)C)C2. The van der Waals surface area contributed by atoms with Crippen LogP contribution in [-0.2, 0) is 38.9 Å². The standard InChI is InChI=1S/C24H32N2O5S2/c1-17(2)11-12-21(27)26-15-13-19-20(16-26)32-24(22(19)23(28)31-3)33(29,30)25-14-7-10-18-8-5-4-6-9-18/h4-6,8-9,17,25H,7,10-16H2,1-3H3. The third-order valence-electron chi connectivity index (χ3n) is 5.72. The highest BCUT2D eigenvalue weighted by atomic mass is 32.2. The topological polar surface area (TPSA) is 92.8 Å². The molecule has 33 heavy (non-hydrogen) atoms. The van der Waals surface area contributed by atoms with E-state index in [2.05, 4.69) is 18.6 Å². The number of hydrogen-bond acceptors (Lipinski definition) is 6. The minimum Gasteiger partial charge on any atom is -0.465 e. The summed E-state index contributed by atoms with van der Waals surface area (Å²) in [6, 6.07) is 9.86. The quantitative estimate of drug-likeness (QED) is 0.403. The number of benzene rings is 1. The molecule has 0 aliphatic carbocycles. The van der Waals surface area contributed by atoms with E-state index in [4.69, 9.17) is 4.74 Å². The molecule has 180 valence electrons. The summed E-state index contributed by atoms with van der Waals surface area (Å²) in [6.45, 7) is 5.21. The van der Waals surface area contributed by atoms with E-state index in [0.29, 0.717) is 43.8 Å². The van der Waals surface area contributed by atoms with E-state index in [1.165, 1.54) is 7.11 Å². The molecule has 1 aliphatic heterocycles. The van der Waals surface area contributed by atoms with Crippen LogP contribution < -0.4 is 4.72 Å². The lowest BCUT2D eigenvalue weighted by Crippen LogP contribution is -2.35. The number of carbonyl (C=O) groups is 2. The van der Waals surface area contributed by atoms with Crippen LogP contribution >= 0.6 is 11.3 Å². The summed E-state index contributed by atoms with van der Waals surface area (Å²) in [5, 5.41) is 0. The fraction of sp³-hybridized carbons (Fsp3) is 0.500. The van der Waals surface area contributed by atoms with Crippen molar-refractivity contribution < 1.29 is 22.7 Å². The van der Waals surface area contributed by atoms with Crippen LogP contribution in [0.1, 0.15) is 59.5 Å². The minimum atomic E-state index is -3.89. The highest BCUT2D eigenvalue weighted by Gasteiger charge is 2.34. The van der Waals surface area contributed by atoms with Crippen molar-refractivity contribution in [1.29, 1.82) is 0 Å². The highest BCUT2D eigenvalue weighted by molar-refractivity contribution is 7.91. The number of aryl methyl sites for hydroxylation is 1. The zero-order valence-electron chi connectivity index (χ0n) is 19.4. The first-order valence-electron chi connectivity index (χ1n) is 11.3. The van der Waals surface area contributed by atoms with Gasteiger partial charge in [-0.3, -0.25) is 4.79 Å². The van der Waals surface area contributed by atoms with Crippen LogP contribution in [0.25, 0.3) is 0 Å². The lowest BCUT2D eigenvalue weighted by molar-refractivity contribution is -0.132. The second kappa shape index (κ2) is 11.3. The molecule has 0 saturated carbocycles. The molecule has 1 amide bonds. The molecule has 2 heterocycles. The van der Waals surface area contributed by atoms with Crippen LogP contribution in [-0.4, -0.2) is 45.4 Å². The highest BCUT2D eigenvalue weighted by Crippen LogP contribution is 2.36. The van der Waals surface area contributed by atoms with Crippen LogP contribution in [0.4, 0.5) is 0 Å². The number of sulfonamides is 1. The zero-order chi connectivity index (χ0) is 24.0. The van der Waals surface area contributed by atoms with Gasteiger partial charge < -0.3 is 9.64 Å². The Morgan fingerprint density at radius 3 is 2.61 bits per heavy atom. The summed E-state index contributed by atoms with van der Waals surface area (Å²) in [7, 11) is -2.64. The van der Waals surface area contributed by atoms with Crippen molar-refractivity contribution in [2.24, 2.45) is 5.92 Å². The summed E-state index contributed by atoms with van der Waals surface area (Å²) in [5.41, 5.74) is 1.94. The summed E-state index contributed by atoms with van der Waals surface area (Å²) in [5.74, 6) is -0.158. The second-order valence-electron chi connectivity index (χ2n) is 8.64. The molecule has 1 aromatic carbocycles. The van der Waals surface area contributed by atoms with Gasteiger partial charge in [0.15, 0.2) is 0 Å². The molecule has 2 aromatic rings. The van der Waals surface area contributed by atoms with Crippen molar-refractivity contribution in [2.75, 3.05) is 20.2 Å². The number of rotatable bonds is 10. The van der Waals surface area contributed by atoms with Gasteiger partial charge in [-0.05, 0) is 42.7 Å². The molecule has 3 rings (SSSR count). The number of ether oxygens (including phenoxy) is 1. The number of esters is 1. The Balaban J connectivity index is 1.75. The first kappa shape index (κ1) is 25.4. The van der Waals surface area contributed by atoms with Crippen molar-refractivity contribution in [3.8, 4) is 0 Å². The van der Waals surface area contributed by atoms with Crippen LogP contribution in [0.3, 0.4) is 0 Å². The van der Waals surface area contributed by atoms with E-state index in [9.17, 15) is 18.0 Å². The number of thiophene rings is 1. The fourth-order valence-corrected chi connectivity index (χ4v) is 6.89. The van der Waals surface area contributed by atoms with E-state index >= 15 is 0 Å². The molecule has 1 aromatic heterocycles. The molecule has 0 atom stereocenters. The zero-order valence-corrected chi connectivity index (χ0v) is 21.1. The Kier molecular flexibility index (Phi) is 8.67. The first-order chi connectivity index (χ1) is 15.7. The Hall–Kier alpha value is -2.23. The molecular weight excluding hydrogens is 460 g/mol. The lowest BCUT2D eigenvalue weighted by Gasteiger charge is -2.27. The van der Waals surface area contributed by atoms with E-state index in [1.54, 1.807) is 4.90 Å². The number of methoxy groups -OCH3 is 1. The maximum absolute atomic E-state index is 13.1. The van der Waals surface area contributed by atoms with Gasteiger partial charge in [0.2, 0.25) is 5.91 Å². The number of nitrogens with one attached hydrogen (secondary N) is 1. The summed E-state index contributed by atoms with van der Waals surface area (Å²) in [4.78, 5) is 27.6. The van der Waals surface area contributed by atoms with Gasteiger partial charge in [0.1, 0.15) is 4.21 Å². The summed E-state index contributed by atoms with van der Waals surface area (Å²) >= 11 is 1.07. The Bertz CT molecular complexity index is 1080. The maximum Gasteiger partial charge on any atom is 0.340 e. The molecule has 0 radical (unpaired) electrons. The smallest absolute Gasteiger partial charge is 0.340 e. The van der Waals surface area contributed by atoms with Crippen LogP contribution in [0.5, 0.6) is 0 Å². The maximum atomic E-state index is 13.1. The van der Waals surface area contributed by atoms with Gasteiger partial charge >= 0.3 is 5.97 Å². The van der Waals surface area contributed by atoms with Gasteiger partial charge in [-0.1, -0.05) is 44.2 Å². The predicted octanol–water partition coefficient (Wildman–Crippen LogP) is 3.77. The Morgan fingerprint density at radius 1 is 1.21 bits per heavy atom. The van der Waals surface area contributed by atoms with Crippen molar-refractivity contribution >= 4 is 33.2 Å². The summed E-state index contributed by atoms with van der Waals surface area (Å²) < 4.78 is 33.7.